The van der Waals surface area contributed by atoms with Gasteiger partial charge in [-0.2, -0.15) is 0 Å². The fraction of sp³-hybridized carbons (Fsp3) is 0.533. The monoisotopic (exact) mass is 246 g/mol. The predicted octanol–water partition coefficient (Wildman–Crippen LogP) is 2.00. The maximum atomic E-state index is 11.1. The van der Waals surface area contributed by atoms with E-state index in [0.717, 1.165) is 32.5 Å². The Morgan fingerprint density at radius 2 is 1.78 bits per heavy atom. The molecule has 1 fully saturated rings. The molecule has 0 radical (unpaired) electrons. The smallest absolute Gasteiger partial charge is 0.220 e. The number of carbonyl (C=O) groups is 1. The molecule has 0 atom stereocenters. The van der Waals surface area contributed by atoms with Gasteiger partial charge in [-0.3, -0.25) is 9.69 Å². The molecule has 1 heterocycles. The van der Waals surface area contributed by atoms with Crippen LogP contribution in [0.2, 0.25) is 0 Å². The van der Waals surface area contributed by atoms with Crippen LogP contribution in [0, 0.1) is 19.8 Å². The van der Waals surface area contributed by atoms with Gasteiger partial charge in [0.05, 0.1) is 0 Å². The minimum Gasteiger partial charge on any atom is -0.369 e. The number of benzene rings is 1. The molecular weight excluding hydrogens is 224 g/mol. The highest BCUT2D eigenvalue weighted by molar-refractivity contribution is 5.76. The third-order valence-corrected chi connectivity index (χ3v) is 3.68. The molecule has 98 valence electrons. The van der Waals surface area contributed by atoms with E-state index in [1.54, 1.807) is 0 Å². The average molecular weight is 246 g/mol. The maximum Gasteiger partial charge on any atom is 0.220 e. The second-order valence-electron chi connectivity index (χ2n) is 5.45. The first-order chi connectivity index (χ1) is 8.54. The van der Waals surface area contributed by atoms with Crippen molar-refractivity contribution in [3.8, 4) is 0 Å². The zero-order chi connectivity index (χ0) is 13.1. The quantitative estimate of drug-likeness (QED) is 0.886. The van der Waals surface area contributed by atoms with E-state index in [-0.39, 0.29) is 11.8 Å². The SMILES string of the molecule is Cc1cc(C)cc(CN2CCC(C(N)=O)CC2)c1. The summed E-state index contributed by atoms with van der Waals surface area (Å²) in [6, 6.07) is 6.68. The van der Waals surface area contributed by atoms with E-state index in [0.29, 0.717) is 0 Å². The van der Waals surface area contributed by atoms with Gasteiger partial charge in [0, 0.05) is 12.5 Å². The second-order valence-corrected chi connectivity index (χ2v) is 5.45. The zero-order valence-electron chi connectivity index (χ0n) is 11.3. The van der Waals surface area contributed by atoms with Gasteiger partial charge in [0.2, 0.25) is 5.91 Å². The van der Waals surface area contributed by atoms with Crippen molar-refractivity contribution in [1.82, 2.24) is 4.90 Å². The molecule has 1 saturated heterocycles. The van der Waals surface area contributed by atoms with Gasteiger partial charge < -0.3 is 5.73 Å². The molecule has 0 aliphatic carbocycles. The van der Waals surface area contributed by atoms with Crippen molar-refractivity contribution in [1.29, 1.82) is 0 Å². The molecule has 3 heteroatoms. The fourth-order valence-electron chi connectivity index (χ4n) is 2.79. The number of likely N-dealkylation sites (tertiary alicyclic amines) is 1. The first-order valence-electron chi connectivity index (χ1n) is 6.63. The second kappa shape index (κ2) is 5.53. The van der Waals surface area contributed by atoms with Gasteiger partial charge in [-0.25, -0.2) is 0 Å². The highest BCUT2D eigenvalue weighted by atomic mass is 16.1. The Bertz CT molecular complexity index is 414. The van der Waals surface area contributed by atoms with Crippen LogP contribution in [-0.4, -0.2) is 23.9 Å². The van der Waals surface area contributed by atoms with Gasteiger partial charge in [-0.1, -0.05) is 29.3 Å². The van der Waals surface area contributed by atoms with Gasteiger partial charge in [0.15, 0.2) is 0 Å². The fourth-order valence-corrected chi connectivity index (χ4v) is 2.79. The lowest BCUT2D eigenvalue weighted by atomic mass is 9.96. The standard InChI is InChI=1S/C15H22N2O/c1-11-7-12(2)9-13(8-11)10-17-5-3-14(4-6-17)15(16)18/h7-9,14H,3-6,10H2,1-2H3,(H2,16,18). The Morgan fingerprint density at radius 3 is 2.28 bits per heavy atom. The van der Waals surface area contributed by atoms with Crippen LogP contribution >= 0.6 is 0 Å². The minimum absolute atomic E-state index is 0.0838. The van der Waals surface area contributed by atoms with Gasteiger partial charge in [-0.15, -0.1) is 0 Å². The number of nitrogens with two attached hydrogens (primary N) is 1. The molecule has 18 heavy (non-hydrogen) atoms. The Kier molecular flexibility index (Phi) is 4.02. The minimum atomic E-state index is -0.138. The molecule has 2 N–H and O–H groups in total. The number of hydrogen-bond donors (Lipinski definition) is 1. The average Bonchev–Trinajstić information content (AvgIpc) is 2.28. The lowest BCUT2D eigenvalue weighted by Crippen LogP contribution is -2.38. The van der Waals surface area contributed by atoms with E-state index < -0.39 is 0 Å². The molecule has 1 aliphatic heterocycles. The molecule has 0 bridgehead atoms. The largest absolute Gasteiger partial charge is 0.369 e. The Labute approximate surface area is 109 Å². The molecule has 0 spiro atoms. The van der Waals surface area contributed by atoms with Crippen LogP contribution in [0.4, 0.5) is 0 Å². The lowest BCUT2D eigenvalue weighted by molar-refractivity contribution is -0.123. The molecule has 3 nitrogen and oxygen atoms in total. The Morgan fingerprint density at radius 1 is 1.22 bits per heavy atom. The van der Waals surface area contributed by atoms with Crippen molar-refractivity contribution in [2.24, 2.45) is 11.7 Å². The van der Waals surface area contributed by atoms with Gasteiger partial charge >= 0.3 is 0 Å². The summed E-state index contributed by atoms with van der Waals surface area (Å²) in [5.41, 5.74) is 9.35. The van der Waals surface area contributed by atoms with Crippen LogP contribution in [0.3, 0.4) is 0 Å². The molecule has 1 aromatic rings. The van der Waals surface area contributed by atoms with Crippen molar-refractivity contribution in [3.05, 3.63) is 34.9 Å². The van der Waals surface area contributed by atoms with E-state index in [9.17, 15) is 4.79 Å². The summed E-state index contributed by atoms with van der Waals surface area (Å²) in [6.07, 6.45) is 1.81. The van der Waals surface area contributed by atoms with Crippen LogP contribution in [0.25, 0.3) is 0 Å². The van der Waals surface area contributed by atoms with Crippen molar-refractivity contribution >= 4 is 5.91 Å². The van der Waals surface area contributed by atoms with Crippen molar-refractivity contribution in [2.75, 3.05) is 13.1 Å². The number of nitrogens with zero attached hydrogens (tertiary/aromatic N) is 1. The van der Waals surface area contributed by atoms with Crippen molar-refractivity contribution in [2.45, 2.75) is 33.2 Å². The van der Waals surface area contributed by atoms with Crippen molar-refractivity contribution < 1.29 is 4.79 Å². The summed E-state index contributed by atoms with van der Waals surface area (Å²) in [4.78, 5) is 13.5. The van der Waals surface area contributed by atoms with Gasteiger partial charge in [0.25, 0.3) is 0 Å². The van der Waals surface area contributed by atoms with Gasteiger partial charge in [0.1, 0.15) is 0 Å². The Balaban J connectivity index is 1.93. The number of rotatable bonds is 3. The first-order valence-corrected chi connectivity index (χ1v) is 6.63. The Hall–Kier alpha value is -1.35. The number of piperidine rings is 1. The summed E-state index contributed by atoms with van der Waals surface area (Å²) >= 11 is 0. The van der Waals surface area contributed by atoms with Gasteiger partial charge in [-0.05, 0) is 45.3 Å². The summed E-state index contributed by atoms with van der Waals surface area (Å²) < 4.78 is 0. The molecule has 1 aliphatic rings. The number of primary amides is 1. The molecular formula is C15H22N2O. The number of carbonyl (C=O) groups excluding carboxylic acids is 1. The van der Waals surface area contributed by atoms with E-state index in [1.807, 2.05) is 0 Å². The highest BCUT2D eigenvalue weighted by Crippen LogP contribution is 2.19. The van der Waals surface area contributed by atoms with E-state index >= 15 is 0 Å². The topological polar surface area (TPSA) is 46.3 Å². The number of hydrogen-bond acceptors (Lipinski definition) is 2. The highest BCUT2D eigenvalue weighted by Gasteiger charge is 2.22. The molecule has 0 saturated carbocycles. The third-order valence-electron chi connectivity index (χ3n) is 3.68. The molecule has 0 unspecified atom stereocenters. The summed E-state index contributed by atoms with van der Waals surface area (Å²) in [7, 11) is 0. The third kappa shape index (κ3) is 3.33. The molecule has 1 amide bonds. The molecule has 1 aromatic carbocycles. The van der Waals surface area contributed by atoms with E-state index in [1.165, 1.54) is 16.7 Å². The number of aryl methyl sites for hydroxylation is 2. The summed E-state index contributed by atoms with van der Waals surface area (Å²) in [6.45, 7) is 7.20. The summed E-state index contributed by atoms with van der Waals surface area (Å²) in [5.74, 6) is -0.0541. The number of amides is 1. The van der Waals surface area contributed by atoms with Crippen molar-refractivity contribution in [3.63, 3.8) is 0 Å². The maximum absolute atomic E-state index is 11.1. The first kappa shape index (κ1) is 13.1. The van der Waals surface area contributed by atoms with Crippen LogP contribution in [0.1, 0.15) is 29.5 Å². The van der Waals surface area contributed by atoms with Crippen LogP contribution in [0.15, 0.2) is 18.2 Å². The van der Waals surface area contributed by atoms with E-state index in [2.05, 4.69) is 36.9 Å². The normalized spacial score (nSPS) is 17.9. The molecule has 2 rings (SSSR count). The summed E-state index contributed by atoms with van der Waals surface area (Å²) in [5, 5.41) is 0. The lowest BCUT2D eigenvalue weighted by Gasteiger charge is -2.30. The van der Waals surface area contributed by atoms with Crippen LogP contribution < -0.4 is 5.73 Å². The predicted molar refractivity (Wildman–Crippen MR) is 73.1 cm³/mol. The van der Waals surface area contributed by atoms with E-state index in [4.69, 9.17) is 5.73 Å². The zero-order valence-corrected chi connectivity index (χ0v) is 11.3. The van der Waals surface area contributed by atoms with Crippen LogP contribution in [-0.2, 0) is 11.3 Å². The van der Waals surface area contributed by atoms with Crippen LogP contribution in [0.5, 0.6) is 0 Å². The molecule has 0 aromatic heterocycles.